The molecule has 2 N–H and O–H groups in total. The summed E-state index contributed by atoms with van der Waals surface area (Å²) in [6.45, 7) is 1.10. The molecule has 0 saturated carbocycles. The topological polar surface area (TPSA) is 65.5 Å². The van der Waals surface area contributed by atoms with Gasteiger partial charge < -0.3 is 10.0 Å². The van der Waals surface area contributed by atoms with Crippen LogP contribution in [-0.2, 0) is 0 Å². The normalized spacial score (nSPS) is 15.7. The highest BCUT2D eigenvalue weighted by Gasteiger charge is 2.23. The van der Waals surface area contributed by atoms with Crippen molar-refractivity contribution in [3.05, 3.63) is 23.9 Å². The van der Waals surface area contributed by atoms with Crippen molar-refractivity contribution in [3.63, 3.8) is 0 Å². The van der Waals surface area contributed by atoms with Crippen LogP contribution in [0.4, 0.5) is 5.82 Å². The number of hydrogen-bond donors (Lipinski definition) is 2. The van der Waals surface area contributed by atoms with Crippen LogP contribution in [0.25, 0.3) is 0 Å². The van der Waals surface area contributed by atoms with Gasteiger partial charge in [0.15, 0.2) is 0 Å². The number of nitrogens with zero attached hydrogens (tertiary/aromatic N) is 2. The van der Waals surface area contributed by atoms with E-state index in [1.54, 1.807) is 17.2 Å². The number of thiocarbonyl (C=S) groups is 1. The van der Waals surface area contributed by atoms with E-state index in [4.69, 9.17) is 17.3 Å². The SMILES string of the molecule is O=C(O)c1cccnc1N1CNCC1=S. The zero-order valence-corrected chi connectivity index (χ0v) is 8.62. The van der Waals surface area contributed by atoms with Gasteiger partial charge >= 0.3 is 5.97 Å². The number of rotatable bonds is 2. The molecule has 0 aromatic carbocycles. The molecule has 15 heavy (non-hydrogen) atoms. The van der Waals surface area contributed by atoms with Crippen LogP contribution < -0.4 is 10.2 Å². The summed E-state index contributed by atoms with van der Waals surface area (Å²) in [5, 5.41) is 12.0. The highest BCUT2D eigenvalue weighted by atomic mass is 32.1. The van der Waals surface area contributed by atoms with E-state index in [1.807, 2.05) is 0 Å². The Morgan fingerprint density at radius 2 is 2.47 bits per heavy atom. The lowest BCUT2D eigenvalue weighted by Crippen LogP contribution is -2.27. The number of nitrogens with one attached hydrogen (secondary N) is 1. The summed E-state index contributed by atoms with van der Waals surface area (Å²) >= 11 is 5.10. The fourth-order valence-electron chi connectivity index (χ4n) is 1.43. The maximum absolute atomic E-state index is 11.0. The number of carboxylic acids is 1. The van der Waals surface area contributed by atoms with Crippen LogP contribution in [0.5, 0.6) is 0 Å². The standard InChI is InChI=1S/C9H9N3O2S/c13-9(14)6-2-1-3-11-8(6)12-5-10-4-7(12)15/h1-3,10H,4-5H2,(H,13,14). The molecule has 2 heterocycles. The molecule has 1 saturated heterocycles. The number of carboxylic acid groups (broad SMARTS) is 1. The highest BCUT2D eigenvalue weighted by molar-refractivity contribution is 7.80. The fraction of sp³-hybridized carbons (Fsp3) is 0.222. The van der Waals surface area contributed by atoms with Gasteiger partial charge in [-0.05, 0) is 12.1 Å². The van der Waals surface area contributed by atoms with E-state index < -0.39 is 5.97 Å². The summed E-state index contributed by atoms with van der Waals surface area (Å²) < 4.78 is 0. The molecule has 1 aliphatic heterocycles. The van der Waals surface area contributed by atoms with Crippen molar-refractivity contribution >= 4 is 29.0 Å². The second-order valence-electron chi connectivity index (χ2n) is 3.09. The molecule has 1 fully saturated rings. The highest BCUT2D eigenvalue weighted by Crippen LogP contribution is 2.18. The van der Waals surface area contributed by atoms with Gasteiger partial charge in [0.25, 0.3) is 0 Å². The predicted octanol–water partition coefficient (Wildman–Crippen LogP) is 0.474. The van der Waals surface area contributed by atoms with Gasteiger partial charge in [-0.1, -0.05) is 12.2 Å². The maximum Gasteiger partial charge on any atom is 0.339 e. The molecular weight excluding hydrogens is 214 g/mol. The van der Waals surface area contributed by atoms with Crippen molar-refractivity contribution in [3.8, 4) is 0 Å². The average molecular weight is 223 g/mol. The smallest absolute Gasteiger partial charge is 0.339 e. The Morgan fingerprint density at radius 1 is 1.67 bits per heavy atom. The second kappa shape index (κ2) is 3.92. The summed E-state index contributed by atoms with van der Waals surface area (Å²) in [5.74, 6) is -0.590. The van der Waals surface area contributed by atoms with E-state index >= 15 is 0 Å². The first kappa shape index (κ1) is 10.0. The molecule has 6 heteroatoms. The predicted molar refractivity (Wildman–Crippen MR) is 59.1 cm³/mol. The van der Waals surface area contributed by atoms with Crippen molar-refractivity contribution in [1.82, 2.24) is 10.3 Å². The van der Waals surface area contributed by atoms with Gasteiger partial charge in [0, 0.05) is 12.7 Å². The van der Waals surface area contributed by atoms with E-state index in [1.165, 1.54) is 6.07 Å². The molecule has 1 aliphatic rings. The van der Waals surface area contributed by atoms with Gasteiger partial charge in [-0.25, -0.2) is 9.78 Å². The minimum Gasteiger partial charge on any atom is -0.478 e. The lowest BCUT2D eigenvalue weighted by molar-refractivity contribution is 0.0697. The van der Waals surface area contributed by atoms with Gasteiger partial charge in [-0.15, -0.1) is 0 Å². The molecule has 0 amide bonds. The molecular formula is C9H9N3O2S. The van der Waals surface area contributed by atoms with Crippen LogP contribution in [0.15, 0.2) is 18.3 Å². The first-order chi connectivity index (χ1) is 7.20. The van der Waals surface area contributed by atoms with Gasteiger partial charge in [0.2, 0.25) is 0 Å². The molecule has 0 radical (unpaired) electrons. The summed E-state index contributed by atoms with van der Waals surface area (Å²) in [5.41, 5.74) is 0.170. The second-order valence-corrected chi connectivity index (χ2v) is 3.56. The summed E-state index contributed by atoms with van der Waals surface area (Å²) in [6.07, 6.45) is 1.56. The van der Waals surface area contributed by atoms with E-state index in [-0.39, 0.29) is 5.56 Å². The Balaban J connectivity index is 2.42. The number of aromatic carboxylic acids is 1. The van der Waals surface area contributed by atoms with Crippen molar-refractivity contribution in [2.75, 3.05) is 18.1 Å². The summed E-state index contributed by atoms with van der Waals surface area (Å²) in [6, 6.07) is 3.12. The molecule has 1 aromatic rings. The Kier molecular flexibility index (Phi) is 2.61. The van der Waals surface area contributed by atoms with E-state index in [9.17, 15) is 4.79 Å². The summed E-state index contributed by atoms with van der Waals surface area (Å²) in [7, 11) is 0. The zero-order chi connectivity index (χ0) is 10.8. The Bertz CT molecular complexity index is 422. The van der Waals surface area contributed by atoms with Crippen LogP contribution in [0.1, 0.15) is 10.4 Å². The lowest BCUT2D eigenvalue weighted by atomic mass is 10.2. The van der Waals surface area contributed by atoms with Gasteiger partial charge in [-0.3, -0.25) is 5.32 Å². The number of pyridine rings is 1. The van der Waals surface area contributed by atoms with Crippen molar-refractivity contribution in [2.24, 2.45) is 0 Å². The minimum absolute atomic E-state index is 0.170. The third-order valence-corrected chi connectivity index (χ3v) is 2.48. The van der Waals surface area contributed by atoms with Crippen LogP contribution in [0.2, 0.25) is 0 Å². The van der Waals surface area contributed by atoms with Crippen LogP contribution in [0.3, 0.4) is 0 Å². The molecule has 5 nitrogen and oxygen atoms in total. The van der Waals surface area contributed by atoms with Gasteiger partial charge in [0.05, 0.1) is 11.7 Å². The third-order valence-electron chi connectivity index (χ3n) is 2.12. The number of anilines is 1. The Hall–Kier alpha value is -1.53. The number of hydrogen-bond acceptors (Lipinski definition) is 4. The van der Waals surface area contributed by atoms with Crippen molar-refractivity contribution in [2.45, 2.75) is 0 Å². The first-order valence-electron chi connectivity index (χ1n) is 4.39. The van der Waals surface area contributed by atoms with Crippen LogP contribution >= 0.6 is 12.2 Å². The molecule has 0 aliphatic carbocycles. The molecule has 0 atom stereocenters. The monoisotopic (exact) mass is 223 g/mol. The van der Waals surface area contributed by atoms with E-state index in [0.29, 0.717) is 24.0 Å². The van der Waals surface area contributed by atoms with Crippen LogP contribution in [-0.4, -0.2) is 34.3 Å². The third kappa shape index (κ3) is 1.81. The molecule has 2 rings (SSSR count). The average Bonchev–Trinajstić information content (AvgIpc) is 2.64. The number of aromatic nitrogens is 1. The Morgan fingerprint density at radius 3 is 3.07 bits per heavy atom. The van der Waals surface area contributed by atoms with Gasteiger partial charge in [0.1, 0.15) is 11.4 Å². The maximum atomic E-state index is 11.0. The minimum atomic E-state index is -0.993. The summed E-state index contributed by atoms with van der Waals surface area (Å²) in [4.78, 5) is 17.4. The first-order valence-corrected chi connectivity index (χ1v) is 4.80. The van der Waals surface area contributed by atoms with Crippen molar-refractivity contribution in [1.29, 1.82) is 0 Å². The Labute approximate surface area is 91.7 Å². The molecule has 0 spiro atoms. The van der Waals surface area contributed by atoms with Gasteiger partial charge in [-0.2, -0.15) is 0 Å². The lowest BCUT2D eigenvalue weighted by Gasteiger charge is -2.17. The molecule has 0 bridgehead atoms. The fourth-order valence-corrected chi connectivity index (χ4v) is 1.68. The van der Waals surface area contributed by atoms with E-state index in [0.717, 1.165) is 0 Å². The largest absolute Gasteiger partial charge is 0.478 e. The van der Waals surface area contributed by atoms with E-state index in [2.05, 4.69) is 10.3 Å². The molecule has 78 valence electrons. The zero-order valence-electron chi connectivity index (χ0n) is 7.80. The van der Waals surface area contributed by atoms with Crippen LogP contribution in [0, 0.1) is 0 Å². The van der Waals surface area contributed by atoms with Crippen molar-refractivity contribution < 1.29 is 9.90 Å². The quantitative estimate of drug-likeness (QED) is 0.711. The number of carbonyl (C=O) groups is 1. The molecule has 1 aromatic heterocycles. The molecule has 0 unspecified atom stereocenters.